The van der Waals surface area contributed by atoms with E-state index in [1.54, 1.807) is 24.3 Å². The molecule has 0 saturated carbocycles. The van der Waals surface area contributed by atoms with Gasteiger partial charge in [-0.05, 0) is 42.8 Å². The molecule has 0 aliphatic heterocycles. The van der Waals surface area contributed by atoms with Crippen molar-refractivity contribution in [1.82, 2.24) is 10.9 Å². The van der Waals surface area contributed by atoms with Crippen LogP contribution in [0.5, 0.6) is 23.0 Å². The second kappa shape index (κ2) is 11.8. The van der Waals surface area contributed by atoms with Gasteiger partial charge in [-0.15, -0.1) is 0 Å². The number of aromatic hydroxyl groups is 2. The molecule has 0 aromatic heterocycles. The number of benzene rings is 2. The zero-order valence-corrected chi connectivity index (χ0v) is 17.2. The quantitative estimate of drug-likeness (QED) is 0.336. The minimum Gasteiger partial charge on any atom is -0.507 e. The number of carbonyl (C=O) groups excluding carboxylic acids is 2. The van der Waals surface area contributed by atoms with Crippen molar-refractivity contribution in [2.75, 3.05) is 14.2 Å². The SMILES string of the molecule is COc1ccc(O)c(/C=N\NC(=O)CCCC(=O)N/N=C\c2cc(OC)ccc2O)c1. The van der Waals surface area contributed by atoms with Crippen molar-refractivity contribution in [3.63, 3.8) is 0 Å². The molecule has 10 heteroatoms. The number of nitrogens with zero attached hydrogens (tertiary/aromatic N) is 2. The number of phenols is 2. The first kappa shape index (κ1) is 23.2. The zero-order valence-electron chi connectivity index (χ0n) is 17.2. The lowest BCUT2D eigenvalue weighted by atomic mass is 10.2. The first-order chi connectivity index (χ1) is 14.9. The number of nitrogens with one attached hydrogen (secondary N) is 2. The molecular weight excluding hydrogens is 404 g/mol. The molecule has 0 aliphatic carbocycles. The van der Waals surface area contributed by atoms with E-state index in [0.29, 0.717) is 22.6 Å². The van der Waals surface area contributed by atoms with Gasteiger partial charge in [0.1, 0.15) is 23.0 Å². The standard InChI is InChI=1S/C21H24N4O6/c1-30-16-6-8-18(26)14(10-16)12-22-24-20(28)4-3-5-21(29)25-23-13-15-11-17(31-2)7-9-19(15)27/h6-13,26-27H,3-5H2,1-2H3,(H,24,28)(H,25,29)/b22-12-,23-13-. The van der Waals surface area contributed by atoms with E-state index in [0.717, 1.165) is 0 Å². The minimum atomic E-state index is -0.378. The van der Waals surface area contributed by atoms with Crippen molar-refractivity contribution in [2.45, 2.75) is 19.3 Å². The Bertz CT molecular complexity index is 897. The predicted octanol–water partition coefficient (Wildman–Crippen LogP) is 1.89. The molecular formula is C21H24N4O6. The maximum atomic E-state index is 11.8. The Morgan fingerprint density at radius 1 is 0.839 bits per heavy atom. The van der Waals surface area contributed by atoms with E-state index in [4.69, 9.17) is 9.47 Å². The summed E-state index contributed by atoms with van der Waals surface area (Å²) in [7, 11) is 3.00. The molecule has 2 aromatic carbocycles. The third kappa shape index (κ3) is 7.69. The molecule has 0 heterocycles. The Morgan fingerprint density at radius 2 is 1.26 bits per heavy atom. The Kier molecular flexibility index (Phi) is 8.84. The summed E-state index contributed by atoms with van der Waals surface area (Å²) in [6.45, 7) is 0. The topological polar surface area (TPSA) is 142 Å². The summed E-state index contributed by atoms with van der Waals surface area (Å²) in [6, 6.07) is 9.25. The lowest BCUT2D eigenvalue weighted by Crippen LogP contribution is -2.20. The second-order valence-electron chi connectivity index (χ2n) is 6.29. The summed E-state index contributed by atoms with van der Waals surface area (Å²) in [6.07, 6.45) is 3.04. The van der Waals surface area contributed by atoms with Gasteiger partial charge in [0.2, 0.25) is 11.8 Å². The number of hydrogen-bond donors (Lipinski definition) is 4. The molecule has 0 bridgehead atoms. The van der Waals surface area contributed by atoms with Gasteiger partial charge >= 0.3 is 0 Å². The highest BCUT2D eigenvalue weighted by Gasteiger charge is 2.05. The van der Waals surface area contributed by atoms with Gasteiger partial charge in [-0.2, -0.15) is 10.2 Å². The lowest BCUT2D eigenvalue weighted by molar-refractivity contribution is -0.122. The Hall–Kier alpha value is -4.08. The van der Waals surface area contributed by atoms with Crippen LogP contribution in [0.2, 0.25) is 0 Å². The van der Waals surface area contributed by atoms with Crippen molar-refractivity contribution >= 4 is 24.2 Å². The Labute approximate surface area is 179 Å². The number of amides is 2. The fourth-order valence-electron chi connectivity index (χ4n) is 2.39. The van der Waals surface area contributed by atoms with Crippen LogP contribution in [0.25, 0.3) is 0 Å². The van der Waals surface area contributed by atoms with Crippen LogP contribution in [-0.2, 0) is 9.59 Å². The average Bonchev–Trinajstić information content (AvgIpc) is 2.76. The summed E-state index contributed by atoms with van der Waals surface area (Å²) < 4.78 is 10.1. The average molecular weight is 428 g/mol. The smallest absolute Gasteiger partial charge is 0.240 e. The molecule has 0 atom stereocenters. The van der Waals surface area contributed by atoms with Gasteiger partial charge in [-0.1, -0.05) is 0 Å². The van der Waals surface area contributed by atoms with Gasteiger partial charge < -0.3 is 19.7 Å². The molecule has 10 nitrogen and oxygen atoms in total. The van der Waals surface area contributed by atoms with Gasteiger partial charge in [-0.25, -0.2) is 10.9 Å². The molecule has 4 N–H and O–H groups in total. The number of hydrazone groups is 2. The van der Waals surface area contributed by atoms with E-state index < -0.39 is 0 Å². The Balaban J connectivity index is 1.71. The van der Waals surface area contributed by atoms with Gasteiger partial charge in [-0.3, -0.25) is 9.59 Å². The highest BCUT2D eigenvalue weighted by atomic mass is 16.5. The van der Waals surface area contributed by atoms with Crippen LogP contribution in [0, 0.1) is 0 Å². The fraction of sp³-hybridized carbons (Fsp3) is 0.238. The first-order valence-electron chi connectivity index (χ1n) is 9.30. The maximum absolute atomic E-state index is 11.8. The van der Waals surface area contributed by atoms with E-state index in [-0.39, 0.29) is 42.6 Å². The summed E-state index contributed by atoms with van der Waals surface area (Å²) in [5.74, 6) is 0.325. The van der Waals surface area contributed by atoms with Crippen LogP contribution in [0.15, 0.2) is 46.6 Å². The van der Waals surface area contributed by atoms with Crippen LogP contribution in [0.1, 0.15) is 30.4 Å². The molecule has 2 aromatic rings. The molecule has 0 aliphatic rings. The van der Waals surface area contributed by atoms with E-state index in [9.17, 15) is 19.8 Å². The van der Waals surface area contributed by atoms with E-state index in [2.05, 4.69) is 21.1 Å². The van der Waals surface area contributed by atoms with Crippen molar-refractivity contribution in [1.29, 1.82) is 0 Å². The number of carbonyl (C=O) groups is 2. The van der Waals surface area contributed by atoms with Crippen molar-refractivity contribution in [2.24, 2.45) is 10.2 Å². The molecule has 164 valence electrons. The fourth-order valence-corrected chi connectivity index (χ4v) is 2.39. The van der Waals surface area contributed by atoms with Gasteiger partial charge in [0, 0.05) is 24.0 Å². The number of hydrogen-bond acceptors (Lipinski definition) is 8. The molecule has 31 heavy (non-hydrogen) atoms. The molecule has 2 amide bonds. The molecule has 0 radical (unpaired) electrons. The first-order valence-corrected chi connectivity index (χ1v) is 9.30. The van der Waals surface area contributed by atoms with E-state index in [1.807, 2.05) is 0 Å². The second-order valence-corrected chi connectivity index (χ2v) is 6.29. The van der Waals surface area contributed by atoms with Crippen LogP contribution in [-0.4, -0.2) is 48.7 Å². The molecule has 0 fully saturated rings. The third-order valence-corrected chi connectivity index (χ3v) is 4.06. The summed E-state index contributed by atoms with van der Waals surface area (Å²) >= 11 is 0. The van der Waals surface area contributed by atoms with Crippen LogP contribution >= 0.6 is 0 Å². The number of rotatable bonds is 10. The van der Waals surface area contributed by atoms with Crippen LogP contribution < -0.4 is 20.3 Å². The third-order valence-electron chi connectivity index (χ3n) is 4.06. The summed E-state index contributed by atoms with van der Waals surface area (Å²) in [5, 5.41) is 27.1. The van der Waals surface area contributed by atoms with Crippen molar-refractivity contribution in [3.8, 4) is 23.0 Å². The van der Waals surface area contributed by atoms with Crippen molar-refractivity contribution in [3.05, 3.63) is 47.5 Å². The largest absolute Gasteiger partial charge is 0.507 e. The highest BCUT2D eigenvalue weighted by Crippen LogP contribution is 2.21. The van der Waals surface area contributed by atoms with Gasteiger partial charge in [0.05, 0.1) is 26.6 Å². The lowest BCUT2D eigenvalue weighted by Gasteiger charge is -2.04. The zero-order chi connectivity index (χ0) is 22.6. The van der Waals surface area contributed by atoms with Gasteiger partial charge in [0.15, 0.2) is 0 Å². The number of ether oxygens (including phenoxy) is 2. The number of methoxy groups -OCH3 is 2. The minimum absolute atomic E-state index is 0.00158. The molecule has 0 saturated heterocycles. The summed E-state index contributed by atoms with van der Waals surface area (Å²) in [4.78, 5) is 23.6. The predicted molar refractivity (Wildman–Crippen MR) is 115 cm³/mol. The Morgan fingerprint density at radius 3 is 1.65 bits per heavy atom. The van der Waals surface area contributed by atoms with Crippen LogP contribution in [0.3, 0.4) is 0 Å². The van der Waals surface area contributed by atoms with E-state index >= 15 is 0 Å². The van der Waals surface area contributed by atoms with E-state index in [1.165, 1.54) is 38.8 Å². The monoisotopic (exact) mass is 428 g/mol. The van der Waals surface area contributed by atoms with Crippen molar-refractivity contribution < 1.29 is 29.3 Å². The molecule has 0 spiro atoms. The molecule has 0 unspecified atom stereocenters. The summed E-state index contributed by atoms with van der Waals surface area (Å²) in [5.41, 5.74) is 5.43. The molecule has 2 rings (SSSR count). The highest BCUT2D eigenvalue weighted by molar-refractivity contribution is 5.86. The normalized spacial score (nSPS) is 10.9. The maximum Gasteiger partial charge on any atom is 0.240 e. The van der Waals surface area contributed by atoms with Gasteiger partial charge in [0.25, 0.3) is 0 Å². The number of phenolic OH excluding ortho intramolecular Hbond substituents is 2. The van der Waals surface area contributed by atoms with Crippen LogP contribution in [0.4, 0.5) is 0 Å².